The highest BCUT2D eigenvalue weighted by Gasteiger charge is 2.14. The van der Waals surface area contributed by atoms with Crippen LogP contribution in [0.4, 0.5) is 0 Å². The summed E-state index contributed by atoms with van der Waals surface area (Å²) in [5.41, 5.74) is 0.414. The molecule has 1 aromatic rings. The lowest BCUT2D eigenvalue weighted by molar-refractivity contribution is 0.0600. The zero-order valence-corrected chi connectivity index (χ0v) is 11.1. The minimum absolute atomic E-state index is 0.154. The Morgan fingerprint density at radius 3 is 2.83 bits per heavy atom. The summed E-state index contributed by atoms with van der Waals surface area (Å²) in [6.45, 7) is 4.87. The normalized spacial score (nSPS) is 12.7. The molecule has 0 aromatic carbocycles. The average molecular weight is 255 g/mol. The van der Waals surface area contributed by atoms with Crippen LogP contribution in [0.5, 0.6) is 0 Å². The number of hydrogen-bond acceptors (Lipinski definition) is 5. The van der Waals surface area contributed by atoms with Crippen molar-refractivity contribution in [2.24, 2.45) is 5.92 Å². The summed E-state index contributed by atoms with van der Waals surface area (Å²) in [6, 6.07) is 1.89. The smallest absolute Gasteiger partial charge is 0.341 e. The molecule has 2 N–H and O–H groups in total. The van der Waals surface area contributed by atoms with E-state index in [1.807, 2.05) is 0 Å². The third-order valence-corrected chi connectivity index (χ3v) is 2.86. The Hall–Kier alpha value is -1.33. The van der Waals surface area contributed by atoms with Crippen molar-refractivity contribution in [3.8, 4) is 0 Å². The van der Waals surface area contributed by atoms with Gasteiger partial charge >= 0.3 is 5.97 Å². The van der Waals surface area contributed by atoms with Crippen LogP contribution in [-0.2, 0) is 11.3 Å². The summed E-state index contributed by atoms with van der Waals surface area (Å²) in [7, 11) is 1.34. The Balaban J connectivity index is 2.52. The van der Waals surface area contributed by atoms with Crippen molar-refractivity contribution in [1.82, 2.24) is 5.32 Å². The zero-order chi connectivity index (χ0) is 13.5. The van der Waals surface area contributed by atoms with E-state index in [1.54, 1.807) is 6.07 Å². The van der Waals surface area contributed by atoms with Crippen LogP contribution in [-0.4, -0.2) is 30.8 Å². The number of aliphatic hydroxyl groups is 1. The largest absolute Gasteiger partial charge is 0.467 e. The second-order valence-electron chi connectivity index (χ2n) is 4.54. The highest BCUT2D eigenvalue weighted by atomic mass is 16.5. The number of hydrogen-bond donors (Lipinski definition) is 2. The SMILES string of the molecule is COC(=O)c1coc(CNC(CCO)C(C)C)c1. The molecule has 5 nitrogen and oxygen atoms in total. The van der Waals surface area contributed by atoms with Crippen molar-refractivity contribution in [3.63, 3.8) is 0 Å². The van der Waals surface area contributed by atoms with Gasteiger partial charge in [0.1, 0.15) is 12.0 Å². The van der Waals surface area contributed by atoms with Crippen LogP contribution in [0.3, 0.4) is 0 Å². The van der Waals surface area contributed by atoms with Crippen molar-refractivity contribution >= 4 is 5.97 Å². The molecule has 0 amide bonds. The lowest BCUT2D eigenvalue weighted by Crippen LogP contribution is -2.34. The molecule has 0 aliphatic carbocycles. The summed E-state index contributed by atoms with van der Waals surface area (Å²) in [5, 5.41) is 12.3. The van der Waals surface area contributed by atoms with E-state index in [2.05, 4.69) is 23.9 Å². The molecule has 0 fully saturated rings. The Morgan fingerprint density at radius 2 is 2.28 bits per heavy atom. The van der Waals surface area contributed by atoms with Gasteiger partial charge in [-0.15, -0.1) is 0 Å². The van der Waals surface area contributed by atoms with E-state index in [0.29, 0.717) is 30.2 Å². The minimum atomic E-state index is -0.402. The van der Waals surface area contributed by atoms with E-state index >= 15 is 0 Å². The third kappa shape index (κ3) is 4.16. The van der Waals surface area contributed by atoms with Crippen LogP contribution in [0.25, 0.3) is 0 Å². The van der Waals surface area contributed by atoms with Crippen LogP contribution < -0.4 is 5.32 Å². The predicted molar refractivity (Wildman–Crippen MR) is 67.2 cm³/mol. The number of esters is 1. The number of aliphatic hydroxyl groups excluding tert-OH is 1. The number of carbonyl (C=O) groups excluding carboxylic acids is 1. The summed E-state index contributed by atoms with van der Waals surface area (Å²) in [4.78, 5) is 11.2. The average Bonchev–Trinajstić information content (AvgIpc) is 2.81. The van der Waals surface area contributed by atoms with E-state index in [-0.39, 0.29) is 12.6 Å². The molecule has 0 spiro atoms. The van der Waals surface area contributed by atoms with Crippen molar-refractivity contribution in [3.05, 3.63) is 23.7 Å². The van der Waals surface area contributed by atoms with Crippen molar-refractivity contribution in [1.29, 1.82) is 0 Å². The number of furan rings is 1. The Morgan fingerprint density at radius 1 is 1.56 bits per heavy atom. The Labute approximate surface area is 107 Å². The molecule has 1 aromatic heterocycles. The van der Waals surface area contributed by atoms with Gasteiger partial charge in [0.15, 0.2) is 0 Å². The van der Waals surface area contributed by atoms with E-state index < -0.39 is 5.97 Å². The third-order valence-electron chi connectivity index (χ3n) is 2.86. The van der Waals surface area contributed by atoms with Crippen molar-refractivity contribution in [2.75, 3.05) is 13.7 Å². The second kappa shape index (κ2) is 7.18. The second-order valence-corrected chi connectivity index (χ2v) is 4.54. The van der Waals surface area contributed by atoms with Crippen molar-refractivity contribution < 1.29 is 19.1 Å². The number of rotatable bonds is 7. The van der Waals surface area contributed by atoms with Gasteiger partial charge in [-0.25, -0.2) is 4.79 Å². The number of nitrogens with one attached hydrogen (secondary N) is 1. The summed E-state index contributed by atoms with van der Waals surface area (Å²) in [5.74, 6) is 0.701. The first-order valence-electron chi connectivity index (χ1n) is 6.08. The zero-order valence-electron chi connectivity index (χ0n) is 11.1. The van der Waals surface area contributed by atoms with Gasteiger partial charge in [-0.3, -0.25) is 0 Å². The molecule has 0 aliphatic heterocycles. The minimum Gasteiger partial charge on any atom is -0.467 e. The summed E-state index contributed by atoms with van der Waals surface area (Å²) < 4.78 is 9.87. The Bertz CT molecular complexity index is 373. The Kier molecular flexibility index (Phi) is 5.88. The maximum Gasteiger partial charge on any atom is 0.341 e. The summed E-state index contributed by atoms with van der Waals surface area (Å²) in [6.07, 6.45) is 2.08. The summed E-state index contributed by atoms with van der Waals surface area (Å²) >= 11 is 0. The van der Waals surface area contributed by atoms with Crippen LogP contribution in [0.15, 0.2) is 16.7 Å². The molecule has 5 heteroatoms. The van der Waals surface area contributed by atoms with Crippen molar-refractivity contribution in [2.45, 2.75) is 32.9 Å². The lowest BCUT2D eigenvalue weighted by Gasteiger charge is -2.20. The van der Waals surface area contributed by atoms with Gasteiger partial charge in [0.05, 0.1) is 19.2 Å². The first-order valence-corrected chi connectivity index (χ1v) is 6.08. The van der Waals surface area contributed by atoms with E-state index in [4.69, 9.17) is 9.52 Å². The fourth-order valence-electron chi connectivity index (χ4n) is 1.74. The van der Waals surface area contributed by atoms with Crippen LogP contribution in [0.1, 0.15) is 36.4 Å². The molecule has 102 valence electrons. The molecule has 1 unspecified atom stereocenters. The number of carbonyl (C=O) groups is 1. The molecule has 18 heavy (non-hydrogen) atoms. The fraction of sp³-hybridized carbons (Fsp3) is 0.615. The molecular formula is C13H21NO4. The van der Waals surface area contributed by atoms with Gasteiger partial charge in [0, 0.05) is 12.6 Å². The van der Waals surface area contributed by atoms with E-state index in [1.165, 1.54) is 13.4 Å². The standard InChI is InChI=1S/C13H21NO4/c1-9(2)12(4-5-15)14-7-11-6-10(8-18-11)13(16)17-3/h6,8-9,12,14-15H,4-5,7H2,1-3H3. The van der Waals surface area contributed by atoms with Gasteiger partial charge in [0.25, 0.3) is 0 Å². The fourth-order valence-corrected chi connectivity index (χ4v) is 1.74. The van der Waals surface area contributed by atoms with Gasteiger partial charge in [-0.1, -0.05) is 13.8 Å². The molecule has 0 radical (unpaired) electrons. The lowest BCUT2D eigenvalue weighted by atomic mass is 10.0. The quantitative estimate of drug-likeness (QED) is 0.723. The first kappa shape index (κ1) is 14.7. The van der Waals surface area contributed by atoms with Gasteiger partial charge in [-0.2, -0.15) is 0 Å². The molecular weight excluding hydrogens is 234 g/mol. The molecule has 0 saturated heterocycles. The molecule has 0 saturated carbocycles. The van der Waals surface area contributed by atoms with Gasteiger partial charge in [-0.05, 0) is 18.4 Å². The van der Waals surface area contributed by atoms with E-state index in [0.717, 1.165) is 0 Å². The molecule has 0 bridgehead atoms. The molecule has 1 heterocycles. The topological polar surface area (TPSA) is 71.7 Å². The maximum atomic E-state index is 11.2. The van der Waals surface area contributed by atoms with Gasteiger partial charge in [0.2, 0.25) is 0 Å². The number of methoxy groups -OCH3 is 1. The van der Waals surface area contributed by atoms with Crippen LogP contribution in [0.2, 0.25) is 0 Å². The monoisotopic (exact) mass is 255 g/mol. The molecule has 1 atom stereocenters. The predicted octanol–water partition coefficient (Wildman–Crippen LogP) is 1.56. The molecule has 0 aliphatic rings. The first-order chi connectivity index (χ1) is 8.58. The maximum absolute atomic E-state index is 11.2. The molecule has 1 rings (SSSR count). The van der Waals surface area contributed by atoms with E-state index in [9.17, 15) is 4.79 Å². The number of ether oxygens (including phenoxy) is 1. The van der Waals surface area contributed by atoms with Crippen LogP contribution >= 0.6 is 0 Å². The highest BCUT2D eigenvalue weighted by molar-refractivity contribution is 5.88. The highest BCUT2D eigenvalue weighted by Crippen LogP contribution is 2.11. The van der Waals surface area contributed by atoms with Crippen LogP contribution in [0, 0.1) is 5.92 Å². The van der Waals surface area contributed by atoms with Gasteiger partial charge < -0.3 is 19.6 Å².